The second-order valence-electron chi connectivity index (χ2n) is 10.5. The number of nitrogens with one attached hydrogen (secondary N) is 2. The number of fused-ring (bicyclic) bond motifs is 1. The molecule has 1 aliphatic rings. The van der Waals surface area contributed by atoms with Crippen molar-refractivity contribution in [1.82, 2.24) is 20.1 Å². The molecule has 0 unspecified atom stereocenters. The molecule has 0 radical (unpaired) electrons. The molecule has 2 heterocycles. The molecule has 1 aromatic heterocycles. The van der Waals surface area contributed by atoms with Crippen LogP contribution in [0.4, 0.5) is 10.6 Å². The lowest BCUT2D eigenvalue weighted by molar-refractivity contribution is -0.110. The van der Waals surface area contributed by atoms with Crippen LogP contribution < -0.4 is 15.5 Å². The van der Waals surface area contributed by atoms with Crippen LogP contribution in [0.5, 0.6) is 5.75 Å². The molecule has 0 aliphatic carbocycles. The van der Waals surface area contributed by atoms with E-state index < -0.39 is 12.0 Å². The van der Waals surface area contributed by atoms with Gasteiger partial charge < -0.3 is 19.5 Å². The van der Waals surface area contributed by atoms with Gasteiger partial charge in [0, 0.05) is 49.1 Å². The fraction of sp³-hybridized carbons (Fsp3) is 0.448. The Kier molecular flexibility index (Phi) is 9.38. The molecule has 0 bridgehead atoms. The average molecular weight is 551 g/mol. The zero-order valence-corrected chi connectivity index (χ0v) is 23.8. The summed E-state index contributed by atoms with van der Waals surface area (Å²) in [6.45, 7) is 12.6. The molecule has 1 saturated heterocycles. The molecule has 2 amide bonds. The monoisotopic (exact) mass is 550 g/mol. The number of morpholine rings is 1. The number of benzene rings is 2. The largest absolute Gasteiger partial charge is 0.492 e. The molecule has 0 spiro atoms. The van der Waals surface area contributed by atoms with E-state index in [1.807, 2.05) is 57.2 Å². The number of rotatable bonds is 9. The van der Waals surface area contributed by atoms with Crippen LogP contribution in [0, 0.1) is 0 Å². The lowest BCUT2D eigenvalue weighted by atomic mass is 9.92. The van der Waals surface area contributed by atoms with E-state index in [2.05, 4.69) is 25.8 Å². The Hall–Kier alpha value is -3.96. The lowest BCUT2D eigenvalue weighted by Gasteiger charge is -2.26. The van der Waals surface area contributed by atoms with Gasteiger partial charge in [-0.1, -0.05) is 45.0 Å². The predicted molar refractivity (Wildman–Crippen MR) is 154 cm³/mol. The molecule has 40 heavy (non-hydrogen) atoms. The third-order valence-electron chi connectivity index (χ3n) is 6.55. The number of carbonyl (C=O) groups excluding carboxylic acids is 2. The van der Waals surface area contributed by atoms with E-state index in [0.29, 0.717) is 23.7 Å². The fourth-order valence-electron chi connectivity index (χ4n) is 4.34. The molecule has 3 aromatic rings. The van der Waals surface area contributed by atoms with Crippen molar-refractivity contribution in [2.45, 2.75) is 33.1 Å². The van der Waals surface area contributed by atoms with Crippen molar-refractivity contribution < 1.29 is 23.8 Å². The Morgan fingerprint density at radius 1 is 1.10 bits per heavy atom. The molecule has 214 valence electrons. The summed E-state index contributed by atoms with van der Waals surface area (Å²) in [5.41, 5.74) is 3.52. The van der Waals surface area contributed by atoms with Gasteiger partial charge in [-0.3, -0.25) is 14.4 Å². The normalized spacial score (nSPS) is 14.7. The summed E-state index contributed by atoms with van der Waals surface area (Å²) in [4.78, 5) is 28.0. The van der Waals surface area contributed by atoms with Crippen LogP contribution in [0.1, 0.15) is 39.0 Å². The van der Waals surface area contributed by atoms with Gasteiger partial charge in [0.25, 0.3) is 5.91 Å². The van der Waals surface area contributed by atoms with Crippen molar-refractivity contribution >= 4 is 34.3 Å². The maximum absolute atomic E-state index is 13.6. The van der Waals surface area contributed by atoms with Crippen molar-refractivity contribution in [3.05, 3.63) is 53.7 Å². The summed E-state index contributed by atoms with van der Waals surface area (Å²) in [7, 11) is 1.76. The second kappa shape index (κ2) is 12.9. The number of amides is 2. The van der Waals surface area contributed by atoms with Gasteiger partial charge in [-0.2, -0.15) is 10.2 Å². The molecular weight excluding hydrogens is 512 g/mol. The van der Waals surface area contributed by atoms with E-state index in [1.54, 1.807) is 24.7 Å². The summed E-state index contributed by atoms with van der Waals surface area (Å²) in [6, 6.07) is 13.1. The highest BCUT2D eigenvalue weighted by Crippen LogP contribution is 2.30. The molecular formula is C29H38N6O5. The third-order valence-corrected chi connectivity index (χ3v) is 6.55. The Bertz CT molecular complexity index is 1370. The van der Waals surface area contributed by atoms with Crippen LogP contribution >= 0.6 is 0 Å². The number of hydrogen-bond acceptors (Lipinski definition) is 8. The molecule has 0 atom stereocenters. The Labute approximate surface area is 234 Å². The molecule has 2 N–H and O–H groups in total. The summed E-state index contributed by atoms with van der Waals surface area (Å²) in [5, 5.41) is 13.2. The van der Waals surface area contributed by atoms with Gasteiger partial charge in [0.1, 0.15) is 18.2 Å². The molecule has 11 nitrogen and oxygen atoms in total. The molecule has 1 aliphatic heterocycles. The first kappa shape index (κ1) is 29.0. The van der Waals surface area contributed by atoms with Crippen molar-refractivity contribution in [3.63, 3.8) is 0 Å². The fourth-order valence-corrected chi connectivity index (χ4v) is 4.34. The number of carbonyl (C=O) groups is 2. The van der Waals surface area contributed by atoms with Crippen molar-refractivity contribution in [3.8, 4) is 5.75 Å². The second-order valence-corrected chi connectivity index (χ2v) is 10.5. The highest BCUT2D eigenvalue weighted by Gasteiger charge is 2.23. The number of aromatic nitrogens is 2. The van der Waals surface area contributed by atoms with Crippen LogP contribution in [0.15, 0.2) is 47.6 Å². The number of nitrogens with zero attached hydrogens (tertiary/aromatic N) is 4. The maximum Gasteiger partial charge on any atom is 0.427 e. The Morgan fingerprint density at radius 3 is 2.50 bits per heavy atom. The zero-order chi connectivity index (χ0) is 28.7. The summed E-state index contributed by atoms with van der Waals surface area (Å²) in [5.74, 6) is 0.699. The van der Waals surface area contributed by atoms with Crippen LogP contribution in [0.25, 0.3) is 10.8 Å². The first-order valence-electron chi connectivity index (χ1n) is 13.5. The van der Waals surface area contributed by atoms with Gasteiger partial charge in [-0.25, -0.2) is 10.2 Å². The number of ether oxygens (including phenoxy) is 3. The minimum atomic E-state index is -0.754. The van der Waals surface area contributed by atoms with Gasteiger partial charge in [0.2, 0.25) is 0 Å². The topological polar surface area (TPSA) is 119 Å². The molecule has 2 aromatic carbocycles. The number of hydrogen-bond donors (Lipinski definition) is 2. The highest BCUT2D eigenvalue weighted by atomic mass is 16.5. The summed E-state index contributed by atoms with van der Waals surface area (Å²) < 4.78 is 18.2. The lowest BCUT2D eigenvalue weighted by Crippen LogP contribution is -2.38. The van der Waals surface area contributed by atoms with E-state index in [4.69, 9.17) is 14.2 Å². The van der Waals surface area contributed by atoms with E-state index in [-0.39, 0.29) is 17.7 Å². The number of aryl methyl sites for hydroxylation is 1. The minimum Gasteiger partial charge on any atom is -0.492 e. The van der Waals surface area contributed by atoms with E-state index >= 15 is 0 Å². The standard InChI is InChI=1S/C29H38N6O5/c1-6-39-28(37)32-31-26(27(36)30-25-19-24(29(2,3)4)33-34(25)5)22-11-12-23(21-10-8-7-9-20(21)22)40-18-15-35-13-16-38-17-14-35/h7-12,19H,6,13-18H2,1-5H3,(H,30,36)(H,32,37)/b31-26-. The van der Waals surface area contributed by atoms with E-state index in [9.17, 15) is 9.59 Å². The van der Waals surface area contributed by atoms with E-state index in [0.717, 1.165) is 49.3 Å². The van der Waals surface area contributed by atoms with Crippen LogP contribution in [0.3, 0.4) is 0 Å². The maximum atomic E-state index is 13.6. The van der Waals surface area contributed by atoms with Crippen molar-refractivity contribution in [1.29, 1.82) is 0 Å². The predicted octanol–water partition coefficient (Wildman–Crippen LogP) is 3.67. The van der Waals surface area contributed by atoms with Crippen LogP contribution in [-0.4, -0.2) is 78.5 Å². The van der Waals surface area contributed by atoms with Crippen LogP contribution in [0.2, 0.25) is 0 Å². The quantitative estimate of drug-likeness (QED) is 0.308. The first-order valence-corrected chi connectivity index (χ1v) is 13.5. The Balaban J connectivity index is 1.64. The van der Waals surface area contributed by atoms with Crippen molar-refractivity contribution in [2.75, 3.05) is 51.4 Å². The van der Waals surface area contributed by atoms with Gasteiger partial charge >= 0.3 is 6.09 Å². The smallest absolute Gasteiger partial charge is 0.427 e. The Morgan fingerprint density at radius 2 is 1.82 bits per heavy atom. The van der Waals surface area contributed by atoms with E-state index in [1.165, 1.54) is 0 Å². The number of hydrazone groups is 1. The number of anilines is 1. The highest BCUT2D eigenvalue weighted by molar-refractivity contribution is 6.50. The van der Waals surface area contributed by atoms with Crippen molar-refractivity contribution in [2.24, 2.45) is 12.1 Å². The van der Waals surface area contributed by atoms with Gasteiger partial charge in [0.05, 0.1) is 25.5 Å². The third kappa shape index (κ3) is 7.16. The summed E-state index contributed by atoms with van der Waals surface area (Å²) in [6.07, 6.45) is -0.754. The SMILES string of the molecule is CCOC(=O)N/N=C(\C(=O)Nc1cc(C(C)(C)C)nn1C)c1ccc(OCCN2CCOCC2)c2ccccc12. The summed E-state index contributed by atoms with van der Waals surface area (Å²) >= 11 is 0. The molecule has 11 heteroatoms. The molecule has 0 saturated carbocycles. The van der Waals surface area contributed by atoms with Crippen LogP contribution in [-0.2, 0) is 26.7 Å². The molecule has 4 rings (SSSR count). The minimum absolute atomic E-state index is 0.0163. The zero-order valence-electron chi connectivity index (χ0n) is 23.8. The van der Waals surface area contributed by atoms with Gasteiger partial charge in [-0.05, 0) is 24.4 Å². The average Bonchev–Trinajstić information content (AvgIpc) is 3.31. The van der Waals surface area contributed by atoms with Gasteiger partial charge in [0.15, 0.2) is 5.71 Å². The molecule has 1 fully saturated rings. The van der Waals surface area contributed by atoms with Gasteiger partial charge in [-0.15, -0.1) is 0 Å². The first-order chi connectivity index (χ1) is 19.2.